The largest absolute Gasteiger partial charge is 0.506 e. The highest BCUT2D eigenvalue weighted by atomic mass is 35.5. The summed E-state index contributed by atoms with van der Waals surface area (Å²) in [6.07, 6.45) is -1.89. The molecule has 5 aliphatic heterocycles. The molecule has 6 heterocycles. The number of phenolic OH excluding ortho intramolecular Hbond substituents is 1. The number of amides is 3. The molecule has 0 spiro atoms. The van der Waals surface area contributed by atoms with Gasteiger partial charge in [0.25, 0.3) is 0 Å². The summed E-state index contributed by atoms with van der Waals surface area (Å²) in [5.41, 5.74) is -0.819. The summed E-state index contributed by atoms with van der Waals surface area (Å²) in [6, 6.07) is 9.74. The Balaban J connectivity index is 1.04. The van der Waals surface area contributed by atoms with Crippen LogP contribution in [0, 0.1) is 5.92 Å². The maximum atomic E-state index is 14.1. The van der Waals surface area contributed by atoms with E-state index in [0.29, 0.717) is 56.8 Å². The lowest BCUT2D eigenvalue weighted by atomic mass is 9.83. The van der Waals surface area contributed by atoms with Crippen molar-refractivity contribution in [1.29, 1.82) is 0 Å². The molecule has 2 bridgehead atoms. The van der Waals surface area contributed by atoms with E-state index in [-0.39, 0.29) is 42.7 Å². The van der Waals surface area contributed by atoms with Crippen molar-refractivity contribution in [2.75, 3.05) is 58.9 Å². The highest BCUT2D eigenvalue weighted by Gasteiger charge is 2.40. The maximum Gasteiger partial charge on any atom is 0.420 e. The lowest BCUT2D eigenvalue weighted by molar-refractivity contribution is -0.138. The van der Waals surface area contributed by atoms with Crippen LogP contribution in [0.2, 0.25) is 5.02 Å². The summed E-state index contributed by atoms with van der Waals surface area (Å²) in [5.74, 6) is -0.373. The number of aromatic nitrogens is 3. The molecule has 5 fully saturated rings. The Bertz CT molecular complexity index is 1780. The second kappa shape index (κ2) is 14.5. The number of aromatic amines is 1. The van der Waals surface area contributed by atoms with Crippen molar-refractivity contribution in [2.45, 2.75) is 56.4 Å². The van der Waals surface area contributed by atoms with Gasteiger partial charge in [0.05, 0.1) is 16.6 Å². The van der Waals surface area contributed by atoms with Crippen molar-refractivity contribution >= 4 is 23.5 Å². The number of hydrogen-bond donors (Lipinski definition) is 3. The predicted octanol–water partition coefficient (Wildman–Crippen LogP) is 3.81. The van der Waals surface area contributed by atoms with Gasteiger partial charge in [-0.3, -0.25) is 14.7 Å². The van der Waals surface area contributed by atoms with Crippen LogP contribution in [0.5, 0.6) is 5.75 Å². The van der Waals surface area contributed by atoms with Crippen LogP contribution in [-0.4, -0.2) is 122 Å². The number of hydrogen-bond acceptors (Lipinski definition) is 7. The number of benzene rings is 2. The molecule has 1 unspecified atom stereocenters. The number of fused-ring (bicyclic) bond motifs is 3. The fourth-order valence-electron chi connectivity index (χ4n) is 8.13. The first-order valence-corrected chi connectivity index (χ1v) is 18.0. The van der Waals surface area contributed by atoms with E-state index in [9.17, 15) is 32.7 Å². The van der Waals surface area contributed by atoms with Gasteiger partial charge in [0, 0.05) is 63.8 Å². The van der Waals surface area contributed by atoms with Gasteiger partial charge in [0.2, 0.25) is 5.91 Å². The lowest BCUT2D eigenvalue weighted by Gasteiger charge is -2.51. The number of carbonyl (C=O) groups is 2. The van der Waals surface area contributed by atoms with Crippen molar-refractivity contribution in [3.63, 3.8) is 0 Å². The molecule has 0 saturated carbocycles. The molecule has 8 rings (SSSR count). The van der Waals surface area contributed by atoms with Crippen LogP contribution in [0.1, 0.15) is 42.9 Å². The quantitative estimate of drug-likeness (QED) is 0.337. The van der Waals surface area contributed by atoms with Gasteiger partial charge in [-0.2, -0.15) is 13.2 Å². The van der Waals surface area contributed by atoms with Gasteiger partial charge in [-0.1, -0.05) is 41.9 Å². The third-order valence-electron chi connectivity index (χ3n) is 11.0. The zero-order valence-electron chi connectivity index (χ0n) is 28.1. The van der Waals surface area contributed by atoms with E-state index in [4.69, 9.17) is 11.6 Å². The number of piperazine rings is 1. The molecule has 3 N–H and O–H groups in total. The number of carbonyl (C=O) groups excluding carboxylic acids is 2. The molecule has 2 atom stereocenters. The summed E-state index contributed by atoms with van der Waals surface area (Å²) in [7, 11) is 0. The van der Waals surface area contributed by atoms with E-state index in [0.717, 1.165) is 31.3 Å². The molecule has 51 heavy (non-hydrogen) atoms. The Labute approximate surface area is 298 Å². The highest BCUT2D eigenvalue weighted by Crippen LogP contribution is 2.40. The van der Waals surface area contributed by atoms with Gasteiger partial charge in [-0.15, -0.1) is 5.10 Å². The number of halogens is 4. The summed E-state index contributed by atoms with van der Waals surface area (Å²) in [5, 5.41) is 16.8. The van der Waals surface area contributed by atoms with E-state index < -0.39 is 34.6 Å². The van der Waals surface area contributed by atoms with Gasteiger partial charge in [0.15, 0.2) is 5.82 Å². The number of urea groups is 1. The predicted molar refractivity (Wildman–Crippen MR) is 183 cm³/mol. The molecule has 16 heteroatoms. The number of nitrogens with zero attached hydrogens (tertiary/aromatic N) is 6. The van der Waals surface area contributed by atoms with E-state index >= 15 is 0 Å². The summed E-state index contributed by atoms with van der Waals surface area (Å²) < 4.78 is 42.7. The minimum absolute atomic E-state index is 0.0560. The topological polar surface area (TPSA) is 130 Å². The van der Waals surface area contributed by atoms with Gasteiger partial charge >= 0.3 is 17.9 Å². The molecule has 0 radical (unpaired) electrons. The maximum absolute atomic E-state index is 14.1. The van der Waals surface area contributed by atoms with E-state index in [2.05, 4.69) is 25.2 Å². The van der Waals surface area contributed by atoms with Crippen molar-refractivity contribution < 1.29 is 27.9 Å². The number of aromatic hydroxyl groups is 1. The van der Waals surface area contributed by atoms with E-state index in [1.807, 2.05) is 30.3 Å². The zero-order valence-corrected chi connectivity index (χ0v) is 28.9. The summed E-state index contributed by atoms with van der Waals surface area (Å²) in [6.45, 7) is 6.07. The van der Waals surface area contributed by atoms with Gasteiger partial charge < -0.3 is 25.1 Å². The minimum Gasteiger partial charge on any atom is -0.506 e. The van der Waals surface area contributed by atoms with Gasteiger partial charge in [-0.05, 0) is 62.4 Å². The Kier molecular flexibility index (Phi) is 10.0. The molecule has 0 aliphatic carbocycles. The zero-order chi connectivity index (χ0) is 35.9. The fourth-order valence-corrected chi connectivity index (χ4v) is 8.37. The number of rotatable bonds is 7. The van der Waals surface area contributed by atoms with Crippen molar-refractivity contribution in [1.82, 2.24) is 39.7 Å². The van der Waals surface area contributed by atoms with Crippen LogP contribution in [0.15, 0.2) is 47.3 Å². The first-order valence-electron chi connectivity index (χ1n) is 17.6. The van der Waals surface area contributed by atoms with Gasteiger partial charge in [0.1, 0.15) is 11.8 Å². The second-order valence-electron chi connectivity index (χ2n) is 14.1. The number of H-pyrrole nitrogens is 1. The summed E-state index contributed by atoms with van der Waals surface area (Å²) >= 11 is 6.01. The smallest absolute Gasteiger partial charge is 0.420 e. The monoisotopic (exact) mass is 730 g/mol. The Hall–Kier alpha value is -4.08. The van der Waals surface area contributed by atoms with E-state index in [1.54, 1.807) is 9.80 Å². The molecular weight excluding hydrogens is 689 g/mol. The third kappa shape index (κ3) is 7.61. The molecule has 12 nitrogen and oxygen atoms in total. The fraction of sp³-hybridized carbons (Fsp3) is 0.543. The van der Waals surface area contributed by atoms with Crippen LogP contribution < -0.4 is 11.0 Å². The molecule has 5 saturated heterocycles. The molecular formula is C35H42ClF3N8O4. The lowest BCUT2D eigenvalue weighted by Crippen LogP contribution is -2.63. The molecule has 3 aromatic rings. The number of piperidine rings is 4. The van der Waals surface area contributed by atoms with Crippen molar-refractivity contribution in [3.05, 3.63) is 69.1 Å². The van der Waals surface area contributed by atoms with Crippen molar-refractivity contribution in [2.24, 2.45) is 5.92 Å². The number of likely N-dealkylation sites (tertiary alicyclic amines) is 1. The third-order valence-corrected chi connectivity index (χ3v) is 11.3. The first-order chi connectivity index (χ1) is 24.4. The molecule has 274 valence electrons. The van der Waals surface area contributed by atoms with Crippen LogP contribution >= 0.6 is 11.6 Å². The SMILES string of the molecule is O=C(N[C@H](Cc1cc(Cl)c(O)c(C(F)(F)F)c1)C(=O)N1CCN(C2CN3CCC2CC3)CC1)N1CCC(n2nc(-c3ccccc3)[nH]c2=O)CC1. The van der Waals surface area contributed by atoms with Crippen LogP contribution in [0.25, 0.3) is 11.4 Å². The average molecular weight is 731 g/mol. The Morgan fingerprint density at radius 1 is 0.961 bits per heavy atom. The second-order valence-corrected chi connectivity index (χ2v) is 14.5. The van der Waals surface area contributed by atoms with Crippen LogP contribution in [0.3, 0.4) is 0 Å². The van der Waals surface area contributed by atoms with E-state index in [1.165, 1.54) is 23.6 Å². The van der Waals surface area contributed by atoms with Crippen molar-refractivity contribution in [3.8, 4) is 17.1 Å². The highest BCUT2D eigenvalue weighted by molar-refractivity contribution is 6.32. The number of nitrogens with one attached hydrogen (secondary N) is 2. The Morgan fingerprint density at radius 2 is 1.65 bits per heavy atom. The molecule has 2 aromatic carbocycles. The molecule has 1 aromatic heterocycles. The van der Waals surface area contributed by atoms with Gasteiger partial charge in [-0.25, -0.2) is 14.3 Å². The van der Waals surface area contributed by atoms with Crippen LogP contribution in [0.4, 0.5) is 18.0 Å². The average Bonchev–Trinajstić information content (AvgIpc) is 3.54. The standard InChI is InChI=1S/C35H42ClF3N8O4/c36-27-19-22(18-26(30(27)48)35(37,38)39)20-28(32(49)45-16-14-44(15-17-45)29-21-43-10-6-23(29)7-11-43)40-33(50)46-12-8-25(9-13-46)47-34(51)41-31(42-47)24-4-2-1-3-5-24/h1-5,18-19,23,25,28-29,48H,6-17,20-21H2,(H,40,50)(H,41,42,51)/t28-,29?/m1/s1. The summed E-state index contributed by atoms with van der Waals surface area (Å²) in [4.78, 5) is 51.4. The van der Waals surface area contributed by atoms with Crippen LogP contribution in [-0.2, 0) is 17.4 Å². The Morgan fingerprint density at radius 3 is 2.27 bits per heavy atom. The minimum atomic E-state index is -4.87. The molecule has 5 aliphatic rings. The normalized spacial score (nSPS) is 23.7. The molecule has 3 amide bonds. The number of alkyl halides is 3. The first kappa shape index (κ1) is 35.3. The number of phenols is 1.